The number of Topliss-reactive ketones (excluding diaryl/α,β-unsaturated/α-hetero) is 1. The normalized spacial score (nSPS) is 14.6. The van der Waals surface area contributed by atoms with Gasteiger partial charge in [-0.3, -0.25) is 4.79 Å². The Morgan fingerprint density at radius 2 is 2.00 bits per heavy atom. The Morgan fingerprint density at radius 1 is 1.22 bits per heavy atom. The first-order valence-electron chi connectivity index (χ1n) is 6.40. The van der Waals surface area contributed by atoms with Gasteiger partial charge in [-0.25, -0.2) is 4.98 Å². The molecule has 3 rings (SSSR count). The average molecular weight is 257 g/mol. The van der Waals surface area contributed by atoms with Crippen LogP contribution in [0.1, 0.15) is 40.7 Å². The summed E-state index contributed by atoms with van der Waals surface area (Å²) in [6, 6.07) is 8.48. The van der Waals surface area contributed by atoms with Crippen LogP contribution in [0.3, 0.4) is 0 Å². The van der Waals surface area contributed by atoms with Crippen LogP contribution in [-0.4, -0.2) is 10.8 Å². The number of aryl methyl sites for hydroxylation is 2. The molecule has 2 nitrogen and oxygen atoms in total. The smallest absolute Gasteiger partial charge is 0.182 e. The summed E-state index contributed by atoms with van der Waals surface area (Å²) in [5, 5.41) is 0.984. The summed E-state index contributed by atoms with van der Waals surface area (Å²) in [7, 11) is 0. The van der Waals surface area contributed by atoms with Crippen molar-refractivity contribution in [1.29, 1.82) is 0 Å². The minimum atomic E-state index is 0.212. The highest BCUT2D eigenvalue weighted by Crippen LogP contribution is 2.32. The molecule has 0 fully saturated rings. The number of fused-ring (bicyclic) bond motifs is 1. The number of aromatic nitrogens is 1. The van der Waals surface area contributed by atoms with Crippen LogP contribution in [0.2, 0.25) is 0 Å². The van der Waals surface area contributed by atoms with Gasteiger partial charge in [0.05, 0.1) is 0 Å². The zero-order valence-electron chi connectivity index (χ0n) is 10.4. The van der Waals surface area contributed by atoms with Crippen molar-refractivity contribution in [2.24, 2.45) is 0 Å². The Morgan fingerprint density at radius 3 is 2.67 bits per heavy atom. The quantitative estimate of drug-likeness (QED) is 0.817. The van der Waals surface area contributed by atoms with Crippen LogP contribution in [0.15, 0.2) is 24.3 Å². The minimum absolute atomic E-state index is 0.212. The molecule has 18 heavy (non-hydrogen) atoms. The maximum absolute atomic E-state index is 11.8. The molecule has 0 saturated carbocycles. The maximum atomic E-state index is 11.8. The fourth-order valence-corrected chi connectivity index (χ4v) is 3.40. The number of benzene rings is 1. The van der Waals surface area contributed by atoms with Gasteiger partial charge < -0.3 is 0 Å². The zero-order valence-corrected chi connectivity index (χ0v) is 11.2. The van der Waals surface area contributed by atoms with E-state index in [0.717, 1.165) is 35.5 Å². The van der Waals surface area contributed by atoms with Gasteiger partial charge in [-0.15, -0.1) is 11.3 Å². The first-order valence-corrected chi connectivity index (χ1v) is 7.22. The van der Waals surface area contributed by atoms with Crippen LogP contribution >= 0.6 is 11.3 Å². The Hall–Kier alpha value is -1.48. The van der Waals surface area contributed by atoms with E-state index < -0.39 is 0 Å². The van der Waals surface area contributed by atoms with Gasteiger partial charge in [-0.1, -0.05) is 31.2 Å². The van der Waals surface area contributed by atoms with Crippen molar-refractivity contribution in [3.8, 4) is 10.6 Å². The van der Waals surface area contributed by atoms with Crippen molar-refractivity contribution in [1.82, 2.24) is 4.98 Å². The molecule has 0 amide bonds. The van der Waals surface area contributed by atoms with Crippen molar-refractivity contribution in [2.75, 3.05) is 0 Å². The summed E-state index contributed by atoms with van der Waals surface area (Å²) < 4.78 is 0. The zero-order chi connectivity index (χ0) is 12.5. The van der Waals surface area contributed by atoms with E-state index in [1.54, 1.807) is 11.3 Å². The van der Waals surface area contributed by atoms with Gasteiger partial charge in [-0.05, 0) is 24.8 Å². The van der Waals surface area contributed by atoms with Gasteiger partial charge in [0.1, 0.15) is 10.7 Å². The summed E-state index contributed by atoms with van der Waals surface area (Å²) in [5.74, 6) is 0.212. The lowest BCUT2D eigenvalue weighted by Crippen LogP contribution is -2.08. The number of rotatable bonds is 2. The van der Waals surface area contributed by atoms with Crippen molar-refractivity contribution >= 4 is 17.1 Å². The second-order valence-corrected chi connectivity index (χ2v) is 5.70. The van der Waals surface area contributed by atoms with Crippen molar-refractivity contribution in [3.05, 3.63) is 40.4 Å². The van der Waals surface area contributed by atoms with E-state index in [2.05, 4.69) is 36.2 Å². The molecule has 92 valence electrons. The van der Waals surface area contributed by atoms with Crippen LogP contribution < -0.4 is 0 Å². The molecule has 0 atom stereocenters. The standard InChI is InChI=1S/C15H15NOS/c1-2-10-6-8-11(9-7-10)15-16-14-12(17)4-3-5-13(14)18-15/h6-9H,2-5H2,1H3. The number of ketones is 1. The molecule has 0 saturated heterocycles. The van der Waals surface area contributed by atoms with E-state index in [-0.39, 0.29) is 5.78 Å². The number of hydrogen-bond acceptors (Lipinski definition) is 3. The summed E-state index contributed by atoms with van der Waals surface area (Å²) in [6.07, 6.45) is 3.69. The van der Waals surface area contributed by atoms with Crippen LogP contribution in [0.4, 0.5) is 0 Å². The van der Waals surface area contributed by atoms with E-state index in [4.69, 9.17) is 0 Å². The number of carbonyl (C=O) groups is 1. The van der Waals surface area contributed by atoms with Gasteiger partial charge in [-0.2, -0.15) is 0 Å². The number of hydrogen-bond donors (Lipinski definition) is 0. The molecule has 0 bridgehead atoms. The number of thiazole rings is 1. The first kappa shape index (κ1) is 11.6. The lowest BCUT2D eigenvalue weighted by atomic mass is 10.0. The fraction of sp³-hybridized carbons (Fsp3) is 0.333. The van der Waals surface area contributed by atoms with E-state index in [1.165, 1.54) is 10.4 Å². The molecule has 1 aliphatic carbocycles. The molecule has 3 heteroatoms. The average Bonchev–Trinajstić information content (AvgIpc) is 2.84. The molecule has 1 aliphatic rings. The van der Waals surface area contributed by atoms with Crippen LogP contribution in [-0.2, 0) is 12.8 Å². The van der Waals surface area contributed by atoms with Crippen molar-refractivity contribution in [2.45, 2.75) is 32.6 Å². The molecular formula is C15H15NOS. The summed E-state index contributed by atoms with van der Waals surface area (Å²) in [6.45, 7) is 2.15. The molecule has 0 radical (unpaired) electrons. The minimum Gasteiger partial charge on any atom is -0.292 e. The van der Waals surface area contributed by atoms with E-state index in [0.29, 0.717) is 6.42 Å². The molecule has 0 spiro atoms. The Labute approximate surface area is 111 Å². The largest absolute Gasteiger partial charge is 0.292 e. The third kappa shape index (κ3) is 1.99. The van der Waals surface area contributed by atoms with Crippen molar-refractivity contribution < 1.29 is 4.79 Å². The van der Waals surface area contributed by atoms with Crippen LogP contribution in [0.5, 0.6) is 0 Å². The number of carbonyl (C=O) groups excluding carboxylic acids is 1. The topological polar surface area (TPSA) is 30.0 Å². The highest BCUT2D eigenvalue weighted by molar-refractivity contribution is 7.15. The number of nitrogens with zero attached hydrogens (tertiary/aromatic N) is 1. The Kier molecular flexibility index (Phi) is 3.00. The Balaban J connectivity index is 1.99. The van der Waals surface area contributed by atoms with Gasteiger partial charge in [0.15, 0.2) is 5.78 Å². The van der Waals surface area contributed by atoms with Gasteiger partial charge in [0.2, 0.25) is 0 Å². The van der Waals surface area contributed by atoms with E-state index in [1.807, 2.05) is 0 Å². The second-order valence-electron chi connectivity index (χ2n) is 4.62. The fourth-order valence-electron chi connectivity index (χ4n) is 2.27. The lowest BCUT2D eigenvalue weighted by Gasteiger charge is -2.06. The highest BCUT2D eigenvalue weighted by atomic mass is 32.1. The lowest BCUT2D eigenvalue weighted by molar-refractivity contribution is 0.0968. The van der Waals surface area contributed by atoms with Crippen LogP contribution in [0, 0.1) is 0 Å². The summed E-state index contributed by atoms with van der Waals surface area (Å²) in [5.41, 5.74) is 3.18. The van der Waals surface area contributed by atoms with E-state index >= 15 is 0 Å². The Bertz CT molecular complexity index is 583. The molecule has 0 unspecified atom stereocenters. The third-order valence-corrected chi connectivity index (χ3v) is 4.54. The molecule has 1 heterocycles. The first-order chi connectivity index (χ1) is 8.78. The van der Waals surface area contributed by atoms with E-state index in [9.17, 15) is 4.79 Å². The summed E-state index contributed by atoms with van der Waals surface area (Å²) >= 11 is 1.67. The molecule has 0 aliphatic heterocycles. The van der Waals surface area contributed by atoms with Crippen LogP contribution in [0.25, 0.3) is 10.6 Å². The predicted molar refractivity (Wildman–Crippen MR) is 74.2 cm³/mol. The highest BCUT2D eigenvalue weighted by Gasteiger charge is 2.22. The van der Waals surface area contributed by atoms with Gasteiger partial charge in [0, 0.05) is 16.9 Å². The third-order valence-electron chi connectivity index (χ3n) is 3.38. The predicted octanol–water partition coefficient (Wildman–Crippen LogP) is 3.89. The monoisotopic (exact) mass is 257 g/mol. The van der Waals surface area contributed by atoms with Gasteiger partial charge in [0.25, 0.3) is 0 Å². The summed E-state index contributed by atoms with van der Waals surface area (Å²) in [4.78, 5) is 17.5. The molecule has 1 aromatic carbocycles. The second kappa shape index (κ2) is 4.65. The molecule has 0 N–H and O–H groups in total. The maximum Gasteiger partial charge on any atom is 0.182 e. The SMILES string of the molecule is CCc1ccc(-c2nc3c(s2)CCCC3=O)cc1. The molecular weight excluding hydrogens is 242 g/mol. The molecule has 2 aromatic rings. The van der Waals surface area contributed by atoms with Crippen molar-refractivity contribution in [3.63, 3.8) is 0 Å². The molecule has 1 aromatic heterocycles. The van der Waals surface area contributed by atoms with Gasteiger partial charge >= 0.3 is 0 Å².